The second kappa shape index (κ2) is 7.13. The lowest BCUT2D eigenvalue weighted by Gasteiger charge is -1.96. The van der Waals surface area contributed by atoms with Crippen LogP contribution in [0.5, 0.6) is 0 Å². The fourth-order valence-electron chi connectivity index (χ4n) is 0.594. The summed E-state index contributed by atoms with van der Waals surface area (Å²) in [6.45, 7) is 1.63. The molecule has 0 unspecified atom stereocenters. The summed E-state index contributed by atoms with van der Waals surface area (Å²) in [5.41, 5.74) is 7.66. The predicted molar refractivity (Wildman–Crippen MR) is 49.9 cm³/mol. The van der Waals surface area contributed by atoms with E-state index in [9.17, 15) is 4.79 Å². The highest BCUT2D eigenvalue weighted by atomic mass is 16.2. The Morgan fingerprint density at radius 2 is 2.31 bits per heavy atom. The molecule has 0 aliphatic heterocycles. The third kappa shape index (κ3) is 8.37. The first-order valence-corrected chi connectivity index (χ1v) is 3.82. The van der Waals surface area contributed by atoms with Gasteiger partial charge in [0.05, 0.1) is 0 Å². The molecule has 0 fully saturated rings. The molecule has 0 radical (unpaired) electrons. The maximum absolute atomic E-state index is 10.2. The maximum Gasteiger partial charge on any atom is 0.332 e. The molecule has 0 aromatic rings. The maximum atomic E-state index is 10.2. The van der Waals surface area contributed by atoms with Crippen LogP contribution in [-0.2, 0) is 0 Å². The molecule has 0 bridgehead atoms. The van der Waals surface area contributed by atoms with E-state index in [1.807, 2.05) is 0 Å². The van der Waals surface area contributed by atoms with Crippen molar-refractivity contribution in [2.45, 2.75) is 19.8 Å². The van der Waals surface area contributed by atoms with E-state index in [4.69, 9.17) is 10.8 Å². The van der Waals surface area contributed by atoms with Gasteiger partial charge in [0, 0.05) is 12.1 Å². The van der Waals surface area contributed by atoms with Crippen LogP contribution in [0.25, 0.3) is 0 Å². The van der Waals surface area contributed by atoms with Crippen LogP contribution in [0.15, 0.2) is 5.10 Å². The summed E-state index contributed by atoms with van der Waals surface area (Å²) >= 11 is 0. The topological polar surface area (TPSA) is 87.7 Å². The minimum atomic E-state index is -0.680. The summed E-state index contributed by atoms with van der Waals surface area (Å²) in [4.78, 5) is 10.2. The summed E-state index contributed by atoms with van der Waals surface area (Å²) in [7, 11) is 0. The smallest absolute Gasteiger partial charge is 0.332 e. The van der Waals surface area contributed by atoms with Crippen molar-refractivity contribution in [3.05, 3.63) is 0 Å². The summed E-state index contributed by atoms with van der Waals surface area (Å²) in [5.74, 6) is 5.24. The Balaban J connectivity index is 3.67. The lowest BCUT2D eigenvalue weighted by atomic mass is 10.2. The molecule has 5 nitrogen and oxygen atoms in total. The van der Waals surface area contributed by atoms with Crippen molar-refractivity contribution in [2.75, 3.05) is 6.61 Å². The number of aliphatic hydroxyl groups excluding tert-OH is 1. The average molecular weight is 183 g/mol. The Kier molecular flexibility index (Phi) is 6.28. The van der Waals surface area contributed by atoms with Gasteiger partial charge in [-0.1, -0.05) is 5.92 Å². The molecule has 13 heavy (non-hydrogen) atoms. The number of aliphatic hydroxyl groups is 1. The largest absolute Gasteiger partial charge is 0.384 e. The van der Waals surface area contributed by atoms with Crippen LogP contribution in [0, 0.1) is 11.8 Å². The first kappa shape index (κ1) is 11.5. The average Bonchev–Trinajstić information content (AvgIpc) is 2.09. The summed E-state index contributed by atoms with van der Waals surface area (Å²) in [6, 6.07) is -0.680. The van der Waals surface area contributed by atoms with Gasteiger partial charge in [0.1, 0.15) is 6.61 Å². The van der Waals surface area contributed by atoms with Gasteiger partial charge in [-0.25, -0.2) is 10.2 Å². The molecule has 2 amide bonds. The standard InChI is InChI=1S/C8H13N3O2/c1-7(10-11-8(9)13)5-3-2-4-6-12/h12H,3,5-6H2,1H3,(H3,9,11,13)/b10-7+. The van der Waals surface area contributed by atoms with Crippen molar-refractivity contribution in [3.8, 4) is 11.8 Å². The van der Waals surface area contributed by atoms with Crippen LogP contribution in [0.1, 0.15) is 19.8 Å². The quantitative estimate of drug-likeness (QED) is 0.321. The van der Waals surface area contributed by atoms with E-state index in [1.54, 1.807) is 6.92 Å². The van der Waals surface area contributed by atoms with Gasteiger partial charge in [0.15, 0.2) is 0 Å². The monoisotopic (exact) mass is 183 g/mol. The normalized spacial score (nSPS) is 10.2. The van der Waals surface area contributed by atoms with Crippen molar-refractivity contribution in [1.82, 2.24) is 5.43 Å². The SMILES string of the molecule is C/C(CCC#CCO)=N\NC(N)=O. The first-order valence-electron chi connectivity index (χ1n) is 3.82. The van der Waals surface area contributed by atoms with Gasteiger partial charge in [-0.05, 0) is 13.3 Å². The molecule has 0 saturated carbocycles. The molecule has 5 heteroatoms. The second-order valence-electron chi connectivity index (χ2n) is 2.33. The van der Waals surface area contributed by atoms with Crippen LogP contribution in [-0.4, -0.2) is 23.5 Å². The minimum absolute atomic E-state index is 0.129. The van der Waals surface area contributed by atoms with Crippen LogP contribution in [0.2, 0.25) is 0 Å². The third-order valence-electron chi connectivity index (χ3n) is 1.17. The van der Waals surface area contributed by atoms with Gasteiger partial charge in [0.2, 0.25) is 0 Å². The van der Waals surface area contributed by atoms with E-state index in [0.29, 0.717) is 12.8 Å². The number of rotatable bonds is 3. The van der Waals surface area contributed by atoms with E-state index in [2.05, 4.69) is 22.4 Å². The van der Waals surface area contributed by atoms with Crippen molar-refractivity contribution >= 4 is 11.7 Å². The Morgan fingerprint density at radius 1 is 1.62 bits per heavy atom. The first-order chi connectivity index (χ1) is 6.16. The highest BCUT2D eigenvalue weighted by molar-refractivity contribution is 5.83. The number of carbonyl (C=O) groups excluding carboxylic acids is 1. The van der Waals surface area contributed by atoms with Crippen LogP contribution in [0.4, 0.5) is 4.79 Å². The Hall–Kier alpha value is -1.54. The van der Waals surface area contributed by atoms with Crippen molar-refractivity contribution < 1.29 is 9.90 Å². The fourth-order valence-corrected chi connectivity index (χ4v) is 0.594. The Labute approximate surface area is 77.0 Å². The number of urea groups is 1. The van der Waals surface area contributed by atoms with E-state index in [0.717, 1.165) is 5.71 Å². The zero-order valence-corrected chi connectivity index (χ0v) is 7.50. The fraction of sp³-hybridized carbons (Fsp3) is 0.500. The van der Waals surface area contributed by atoms with Gasteiger partial charge in [-0.2, -0.15) is 5.10 Å². The molecule has 72 valence electrons. The van der Waals surface area contributed by atoms with E-state index < -0.39 is 6.03 Å². The summed E-state index contributed by atoms with van der Waals surface area (Å²) < 4.78 is 0. The van der Waals surface area contributed by atoms with Crippen LogP contribution >= 0.6 is 0 Å². The highest BCUT2D eigenvalue weighted by Gasteiger charge is 1.91. The zero-order valence-electron chi connectivity index (χ0n) is 7.50. The minimum Gasteiger partial charge on any atom is -0.384 e. The molecule has 0 aliphatic rings. The number of hydrazone groups is 1. The highest BCUT2D eigenvalue weighted by Crippen LogP contribution is 1.89. The molecule has 0 aromatic heterocycles. The molecule has 0 spiro atoms. The molecule has 0 aliphatic carbocycles. The van der Waals surface area contributed by atoms with Crippen molar-refractivity contribution in [2.24, 2.45) is 10.8 Å². The van der Waals surface area contributed by atoms with Crippen molar-refractivity contribution in [1.29, 1.82) is 0 Å². The predicted octanol–water partition coefficient (Wildman–Crippen LogP) is -0.193. The van der Waals surface area contributed by atoms with Gasteiger partial charge in [-0.3, -0.25) is 0 Å². The Morgan fingerprint density at radius 3 is 2.85 bits per heavy atom. The van der Waals surface area contributed by atoms with E-state index >= 15 is 0 Å². The number of primary amides is 1. The molecular weight excluding hydrogens is 170 g/mol. The number of amides is 2. The summed E-state index contributed by atoms with van der Waals surface area (Å²) in [6.07, 6.45) is 1.25. The number of nitrogens with one attached hydrogen (secondary N) is 1. The molecule has 0 saturated heterocycles. The number of nitrogens with zero attached hydrogens (tertiary/aromatic N) is 1. The molecule has 0 rings (SSSR count). The molecule has 0 heterocycles. The number of nitrogens with two attached hydrogens (primary N) is 1. The van der Waals surface area contributed by atoms with Gasteiger partial charge in [-0.15, -0.1) is 5.92 Å². The number of hydrogen-bond donors (Lipinski definition) is 3. The molecular formula is C8H13N3O2. The summed E-state index contributed by atoms with van der Waals surface area (Å²) in [5, 5.41) is 12.0. The molecule has 0 atom stereocenters. The van der Waals surface area contributed by atoms with Crippen LogP contribution in [0.3, 0.4) is 0 Å². The van der Waals surface area contributed by atoms with E-state index in [-0.39, 0.29) is 6.61 Å². The third-order valence-corrected chi connectivity index (χ3v) is 1.17. The lowest BCUT2D eigenvalue weighted by molar-refractivity contribution is 0.249. The number of hydrogen-bond acceptors (Lipinski definition) is 3. The molecule has 0 aromatic carbocycles. The van der Waals surface area contributed by atoms with E-state index in [1.165, 1.54) is 0 Å². The van der Waals surface area contributed by atoms with Crippen molar-refractivity contribution in [3.63, 3.8) is 0 Å². The second-order valence-corrected chi connectivity index (χ2v) is 2.33. The number of carbonyl (C=O) groups is 1. The lowest BCUT2D eigenvalue weighted by Crippen LogP contribution is -2.25. The molecule has 4 N–H and O–H groups in total. The van der Waals surface area contributed by atoms with Crippen LogP contribution < -0.4 is 11.2 Å². The Bertz CT molecular complexity index is 250. The zero-order chi connectivity index (χ0) is 10.1. The van der Waals surface area contributed by atoms with Gasteiger partial charge in [0.25, 0.3) is 0 Å². The van der Waals surface area contributed by atoms with Gasteiger partial charge < -0.3 is 10.8 Å². The van der Waals surface area contributed by atoms with Gasteiger partial charge >= 0.3 is 6.03 Å².